The van der Waals surface area contributed by atoms with Gasteiger partial charge >= 0.3 is 6.09 Å². The van der Waals surface area contributed by atoms with Gasteiger partial charge in [0.2, 0.25) is 0 Å². The Morgan fingerprint density at radius 3 is 2.64 bits per heavy atom. The van der Waals surface area contributed by atoms with Gasteiger partial charge in [-0.2, -0.15) is 0 Å². The lowest BCUT2D eigenvalue weighted by atomic mass is 10.1. The Kier molecular flexibility index (Phi) is 5.03. The van der Waals surface area contributed by atoms with Gasteiger partial charge in [0, 0.05) is 31.3 Å². The van der Waals surface area contributed by atoms with E-state index in [4.69, 9.17) is 5.11 Å². The van der Waals surface area contributed by atoms with Gasteiger partial charge in [0.05, 0.1) is 0 Å². The number of carbonyl (C=O) groups is 2. The number of amides is 1. The molecule has 0 atom stereocenters. The van der Waals surface area contributed by atoms with E-state index in [-0.39, 0.29) is 18.7 Å². The van der Waals surface area contributed by atoms with Crippen LogP contribution in [0.4, 0.5) is 10.5 Å². The smallest absolute Gasteiger partial charge is 0.404 e. The van der Waals surface area contributed by atoms with Gasteiger partial charge in [0.25, 0.3) is 0 Å². The topological polar surface area (TPSA) is 89.9 Å². The zero-order valence-electron chi connectivity index (χ0n) is 12.7. The highest BCUT2D eigenvalue weighted by Gasteiger charge is 2.35. The molecule has 0 spiro atoms. The van der Waals surface area contributed by atoms with Crippen molar-refractivity contribution in [3.8, 4) is 0 Å². The van der Waals surface area contributed by atoms with Crippen molar-refractivity contribution in [1.29, 1.82) is 0 Å². The average Bonchev–Trinajstić information content (AvgIpc) is 2.94. The van der Waals surface area contributed by atoms with Crippen LogP contribution in [0.15, 0.2) is 24.3 Å². The number of anilines is 1. The van der Waals surface area contributed by atoms with E-state index in [0.717, 1.165) is 31.4 Å². The first kappa shape index (κ1) is 16.3. The molecule has 1 aliphatic carbocycles. The number of aliphatic hydroxyl groups is 1. The van der Waals surface area contributed by atoms with E-state index in [9.17, 15) is 14.7 Å². The summed E-state index contributed by atoms with van der Waals surface area (Å²) >= 11 is 0. The number of hydrogen-bond acceptors (Lipinski definition) is 4. The predicted octanol–water partition coefficient (Wildman–Crippen LogP) is 2.23. The molecule has 1 saturated carbocycles. The number of rotatable bonds is 6. The molecule has 0 saturated heterocycles. The van der Waals surface area contributed by atoms with Crippen LogP contribution in [-0.2, 0) is 0 Å². The zero-order valence-corrected chi connectivity index (χ0v) is 12.7. The largest absolute Gasteiger partial charge is 0.465 e. The van der Waals surface area contributed by atoms with Crippen molar-refractivity contribution in [1.82, 2.24) is 5.32 Å². The van der Waals surface area contributed by atoms with Crippen molar-refractivity contribution >= 4 is 17.6 Å². The van der Waals surface area contributed by atoms with Crippen LogP contribution in [0, 0.1) is 0 Å². The first-order chi connectivity index (χ1) is 10.4. The molecule has 22 heavy (non-hydrogen) atoms. The molecule has 1 aliphatic rings. The molecule has 0 aromatic heterocycles. The molecule has 6 heteroatoms. The lowest BCUT2D eigenvalue weighted by molar-refractivity contribution is 0.0489. The maximum atomic E-state index is 12.1. The van der Waals surface area contributed by atoms with E-state index >= 15 is 0 Å². The van der Waals surface area contributed by atoms with Gasteiger partial charge in [-0.15, -0.1) is 0 Å². The highest BCUT2D eigenvalue weighted by molar-refractivity contribution is 5.97. The Bertz CT molecular complexity index is 553. The number of benzene rings is 1. The molecular formula is C16H22N2O4. The first-order valence-electron chi connectivity index (χ1n) is 7.49. The Labute approximate surface area is 129 Å². The molecular weight excluding hydrogens is 284 g/mol. The average molecular weight is 306 g/mol. The van der Waals surface area contributed by atoms with Crippen LogP contribution < -0.4 is 10.2 Å². The molecule has 6 nitrogen and oxygen atoms in total. The fourth-order valence-corrected chi connectivity index (χ4v) is 2.83. The maximum absolute atomic E-state index is 12.1. The summed E-state index contributed by atoms with van der Waals surface area (Å²) in [5.74, 6) is -0.123. The lowest BCUT2D eigenvalue weighted by Crippen LogP contribution is -2.44. The van der Waals surface area contributed by atoms with Crippen LogP contribution >= 0.6 is 0 Å². The van der Waals surface area contributed by atoms with E-state index in [1.165, 1.54) is 0 Å². The minimum absolute atomic E-state index is 0.0954. The first-order valence-corrected chi connectivity index (χ1v) is 7.49. The monoisotopic (exact) mass is 306 g/mol. The second-order valence-electron chi connectivity index (χ2n) is 5.70. The van der Waals surface area contributed by atoms with E-state index < -0.39 is 11.8 Å². The highest BCUT2D eigenvalue weighted by Crippen LogP contribution is 2.35. The van der Waals surface area contributed by atoms with Crippen molar-refractivity contribution in [2.75, 3.05) is 18.5 Å². The van der Waals surface area contributed by atoms with Crippen molar-refractivity contribution in [2.24, 2.45) is 0 Å². The summed E-state index contributed by atoms with van der Waals surface area (Å²) in [7, 11) is 1.83. The summed E-state index contributed by atoms with van der Waals surface area (Å²) in [6, 6.07) is 7.10. The van der Waals surface area contributed by atoms with Crippen LogP contribution in [0.25, 0.3) is 0 Å². The van der Waals surface area contributed by atoms with E-state index in [0.29, 0.717) is 5.56 Å². The zero-order chi connectivity index (χ0) is 16.2. The standard InChI is InChI=1S/C16H22N2O4/c1-18(16(22)8-2-3-9-16)13-6-4-5-12(11-13)14(19)7-10-17-15(20)21/h4-6,11,17,22H,2-3,7-10H2,1H3,(H,20,21). The molecule has 0 aliphatic heterocycles. The van der Waals surface area contributed by atoms with Crippen LogP contribution in [0.1, 0.15) is 42.5 Å². The van der Waals surface area contributed by atoms with Crippen LogP contribution in [0.5, 0.6) is 0 Å². The second-order valence-corrected chi connectivity index (χ2v) is 5.70. The molecule has 0 bridgehead atoms. The third-order valence-electron chi connectivity index (χ3n) is 4.21. The van der Waals surface area contributed by atoms with E-state index in [1.54, 1.807) is 18.2 Å². The van der Waals surface area contributed by atoms with E-state index in [1.807, 2.05) is 18.0 Å². The summed E-state index contributed by atoms with van der Waals surface area (Å²) in [6.07, 6.45) is 2.43. The normalized spacial score (nSPS) is 16.3. The number of carbonyl (C=O) groups excluding carboxylic acids is 1. The number of ketones is 1. The molecule has 0 radical (unpaired) electrons. The SMILES string of the molecule is CN(c1cccc(C(=O)CCNC(=O)O)c1)C1(O)CCCC1. The number of nitrogens with zero attached hydrogens (tertiary/aromatic N) is 1. The molecule has 1 aromatic rings. The van der Waals surface area contributed by atoms with Crippen LogP contribution in [0.3, 0.4) is 0 Å². The van der Waals surface area contributed by atoms with Crippen molar-refractivity contribution < 1.29 is 19.8 Å². The predicted molar refractivity (Wildman–Crippen MR) is 83.2 cm³/mol. The summed E-state index contributed by atoms with van der Waals surface area (Å²) in [5.41, 5.74) is 0.478. The molecule has 120 valence electrons. The molecule has 2 rings (SSSR count). The minimum Gasteiger partial charge on any atom is -0.465 e. The van der Waals surface area contributed by atoms with Gasteiger partial charge in [-0.1, -0.05) is 12.1 Å². The van der Waals surface area contributed by atoms with Gasteiger partial charge in [0.15, 0.2) is 5.78 Å². The maximum Gasteiger partial charge on any atom is 0.404 e. The molecule has 1 amide bonds. The fraction of sp³-hybridized carbons (Fsp3) is 0.500. The quantitative estimate of drug-likeness (QED) is 0.554. The number of nitrogens with one attached hydrogen (secondary N) is 1. The Morgan fingerprint density at radius 2 is 2.00 bits per heavy atom. The number of hydrogen-bond donors (Lipinski definition) is 3. The molecule has 1 aromatic carbocycles. The van der Waals surface area contributed by atoms with Crippen molar-refractivity contribution in [3.63, 3.8) is 0 Å². The third-order valence-corrected chi connectivity index (χ3v) is 4.21. The Hall–Kier alpha value is -2.08. The van der Waals surface area contributed by atoms with Gasteiger partial charge in [-0.3, -0.25) is 4.79 Å². The van der Waals surface area contributed by atoms with Crippen molar-refractivity contribution in [2.45, 2.75) is 37.8 Å². The molecule has 1 fully saturated rings. The summed E-state index contributed by atoms with van der Waals surface area (Å²) in [4.78, 5) is 24.3. The van der Waals surface area contributed by atoms with Crippen molar-refractivity contribution in [3.05, 3.63) is 29.8 Å². The third kappa shape index (κ3) is 3.76. The van der Waals surface area contributed by atoms with E-state index in [2.05, 4.69) is 5.32 Å². The Morgan fingerprint density at radius 1 is 1.32 bits per heavy atom. The fourth-order valence-electron chi connectivity index (χ4n) is 2.83. The minimum atomic E-state index is -1.13. The summed E-state index contributed by atoms with van der Waals surface area (Å²) in [5, 5.41) is 21.3. The summed E-state index contributed by atoms with van der Waals surface area (Å²) < 4.78 is 0. The molecule has 0 unspecified atom stereocenters. The highest BCUT2D eigenvalue weighted by atomic mass is 16.4. The second kappa shape index (κ2) is 6.79. The van der Waals surface area contributed by atoms with Gasteiger partial charge in [-0.05, 0) is 37.8 Å². The van der Waals surface area contributed by atoms with Gasteiger partial charge in [-0.25, -0.2) is 4.79 Å². The van der Waals surface area contributed by atoms with Gasteiger partial charge in [0.1, 0.15) is 5.72 Å². The molecule has 3 N–H and O–H groups in total. The lowest BCUT2D eigenvalue weighted by Gasteiger charge is -2.35. The van der Waals surface area contributed by atoms with Crippen LogP contribution in [0.2, 0.25) is 0 Å². The number of carboxylic acid groups (broad SMARTS) is 1. The molecule has 0 heterocycles. The van der Waals surface area contributed by atoms with Gasteiger partial charge < -0.3 is 20.4 Å². The number of Topliss-reactive ketones (excluding diaryl/α,β-unsaturated/α-hetero) is 1. The summed E-state index contributed by atoms with van der Waals surface area (Å²) in [6.45, 7) is 0.0954. The Balaban J connectivity index is 2.06. The van der Waals surface area contributed by atoms with Crippen LogP contribution in [-0.4, -0.2) is 41.4 Å².